The first kappa shape index (κ1) is 34.2. The maximum absolute atomic E-state index is 14.4. The highest BCUT2D eigenvalue weighted by Crippen LogP contribution is 2.31. The normalized spacial score (nSPS) is 23.1. The lowest BCUT2D eigenvalue weighted by Gasteiger charge is -2.30. The van der Waals surface area contributed by atoms with Crippen molar-refractivity contribution in [2.24, 2.45) is 5.92 Å². The van der Waals surface area contributed by atoms with Gasteiger partial charge in [0.05, 0.1) is 24.2 Å². The van der Waals surface area contributed by atoms with Gasteiger partial charge in [0.2, 0.25) is 11.8 Å². The third-order valence-electron chi connectivity index (χ3n) is 8.23. The zero-order chi connectivity index (χ0) is 33.8. The summed E-state index contributed by atoms with van der Waals surface area (Å²) in [5, 5.41) is 12.8. The predicted molar refractivity (Wildman–Crippen MR) is 165 cm³/mol. The Morgan fingerprint density at radius 2 is 1.76 bits per heavy atom. The Bertz CT molecular complexity index is 1460. The summed E-state index contributed by atoms with van der Waals surface area (Å²) >= 11 is 0. The highest BCUT2D eigenvalue weighted by atomic mass is 19.1. The molecule has 2 aliphatic rings. The molecular formula is C33H41FN4O8. The number of alkyl carbamates (subject to hydrolysis) is 1. The number of carboxylic acid groups (broad SMARTS) is 1. The van der Waals surface area contributed by atoms with E-state index in [2.05, 4.69) is 5.32 Å². The number of halogens is 1. The number of benzene rings is 2. The zero-order valence-electron chi connectivity index (χ0n) is 26.7. The molecule has 248 valence electrons. The molecule has 12 nitrogen and oxygen atoms in total. The van der Waals surface area contributed by atoms with E-state index in [1.54, 1.807) is 25.7 Å². The summed E-state index contributed by atoms with van der Waals surface area (Å²) in [6.45, 7) is 4.87. The van der Waals surface area contributed by atoms with Crippen molar-refractivity contribution < 1.29 is 42.9 Å². The van der Waals surface area contributed by atoms with Gasteiger partial charge in [-0.1, -0.05) is 30.3 Å². The van der Waals surface area contributed by atoms with Gasteiger partial charge in [-0.15, -0.1) is 0 Å². The summed E-state index contributed by atoms with van der Waals surface area (Å²) in [4.78, 5) is 69.2. The van der Waals surface area contributed by atoms with Gasteiger partial charge in [0.1, 0.15) is 29.8 Å². The van der Waals surface area contributed by atoms with Gasteiger partial charge in [0.15, 0.2) is 0 Å². The Morgan fingerprint density at radius 3 is 2.41 bits per heavy atom. The van der Waals surface area contributed by atoms with E-state index in [-0.39, 0.29) is 43.9 Å². The average molecular weight is 641 g/mol. The van der Waals surface area contributed by atoms with E-state index in [9.17, 15) is 33.5 Å². The van der Waals surface area contributed by atoms with Gasteiger partial charge >= 0.3 is 12.1 Å². The van der Waals surface area contributed by atoms with Crippen LogP contribution < -0.4 is 10.1 Å². The number of hydrogen-bond donors (Lipinski definition) is 2. The topological polar surface area (TPSA) is 146 Å². The number of nitrogens with one attached hydrogen (secondary N) is 1. The molecule has 0 bridgehead atoms. The SMILES string of the molecule is CN1CC(=O)N2C[C@H](NC(=O)OC(C)(C)C)C(Cc3ccccc3)[C@H]2COc2ccc(F)cc2C(=O)N(C)[C@@H](C(=O)O)CCC1=O. The van der Waals surface area contributed by atoms with Crippen molar-refractivity contribution in [3.8, 4) is 5.75 Å². The molecule has 4 atom stereocenters. The summed E-state index contributed by atoms with van der Waals surface area (Å²) in [5.74, 6) is -4.16. The van der Waals surface area contributed by atoms with Crippen LogP contribution in [0, 0.1) is 11.7 Å². The molecule has 0 saturated carbocycles. The molecular weight excluding hydrogens is 599 g/mol. The number of carboxylic acids is 1. The number of carbonyl (C=O) groups excluding carboxylic acids is 4. The van der Waals surface area contributed by atoms with Gasteiger partial charge in [-0.2, -0.15) is 0 Å². The van der Waals surface area contributed by atoms with E-state index in [0.717, 1.165) is 22.6 Å². The monoisotopic (exact) mass is 640 g/mol. The number of rotatable bonds is 4. The summed E-state index contributed by atoms with van der Waals surface area (Å²) in [6, 6.07) is 10.3. The van der Waals surface area contributed by atoms with Gasteiger partial charge in [0, 0.05) is 33.0 Å². The second-order valence-electron chi connectivity index (χ2n) is 12.7. The molecule has 2 heterocycles. The van der Waals surface area contributed by atoms with Crippen molar-refractivity contribution >= 4 is 29.8 Å². The molecule has 0 aromatic heterocycles. The number of aliphatic carboxylic acids is 1. The molecule has 2 aromatic carbocycles. The molecule has 0 aliphatic carbocycles. The van der Waals surface area contributed by atoms with Gasteiger partial charge < -0.3 is 34.6 Å². The quantitative estimate of drug-likeness (QED) is 0.519. The van der Waals surface area contributed by atoms with Crippen molar-refractivity contribution in [1.29, 1.82) is 0 Å². The average Bonchev–Trinajstić information content (AvgIpc) is 3.30. The molecule has 13 heteroatoms. The lowest BCUT2D eigenvalue weighted by atomic mass is 9.89. The lowest BCUT2D eigenvalue weighted by Crippen LogP contribution is -2.47. The van der Waals surface area contributed by atoms with Crippen molar-refractivity contribution in [3.05, 3.63) is 65.5 Å². The van der Waals surface area contributed by atoms with Crippen molar-refractivity contribution in [1.82, 2.24) is 20.0 Å². The Balaban J connectivity index is 1.76. The van der Waals surface area contributed by atoms with Crippen LogP contribution in [0.1, 0.15) is 49.5 Å². The van der Waals surface area contributed by atoms with E-state index >= 15 is 0 Å². The van der Waals surface area contributed by atoms with E-state index in [1.807, 2.05) is 30.3 Å². The second-order valence-corrected chi connectivity index (χ2v) is 12.7. The summed E-state index contributed by atoms with van der Waals surface area (Å²) in [5.41, 5.74) is -0.0203. The largest absolute Gasteiger partial charge is 0.491 e. The van der Waals surface area contributed by atoms with Crippen LogP contribution in [0.25, 0.3) is 0 Å². The van der Waals surface area contributed by atoms with Crippen molar-refractivity contribution in [3.63, 3.8) is 0 Å². The highest BCUT2D eigenvalue weighted by molar-refractivity contribution is 5.99. The van der Waals surface area contributed by atoms with Crippen LogP contribution in [0.3, 0.4) is 0 Å². The Morgan fingerprint density at radius 1 is 1.07 bits per heavy atom. The number of fused-ring (bicyclic) bond motifs is 2. The molecule has 0 radical (unpaired) electrons. The van der Waals surface area contributed by atoms with Crippen LogP contribution in [0.4, 0.5) is 9.18 Å². The first-order chi connectivity index (χ1) is 21.6. The Hall–Kier alpha value is -4.68. The van der Waals surface area contributed by atoms with Crippen LogP contribution in [0.15, 0.2) is 48.5 Å². The van der Waals surface area contributed by atoms with Crippen LogP contribution in [-0.2, 0) is 25.5 Å². The number of nitrogens with zero attached hydrogens (tertiary/aromatic N) is 3. The smallest absolute Gasteiger partial charge is 0.407 e. The standard InChI is InChI=1S/C33H41FN4O8/c1-33(2,3)46-32(44)35-24-17-38-26(22(24)15-20-9-7-6-8-10-20)19-45-27-13-11-21(34)16-23(27)30(41)37(5)25(31(42)43)12-14-28(39)36(4)18-29(38)40/h6-11,13,16,22,24-26H,12,14-15,17-19H2,1-5H3,(H,35,44)(H,42,43)/t22?,24-,25+,26+/m0/s1. The molecule has 2 aliphatic heterocycles. The number of hydrogen-bond acceptors (Lipinski definition) is 7. The fourth-order valence-electron chi connectivity index (χ4n) is 5.88. The van der Waals surface area contributed by atoms with Crippen LogP contribution in [0.2, 0.25) is 0 Å². The molecule has 4 rings (SSSR count). The number of carbonyl (C=O) groups is 5. The van der Waals surface area contributed by atoms with Crippen molar-refractivity contribution in [2.45, 2.75) is 63.8 Å². The van der Waals surface area contributed by atoms with E-state index in [1.165, 1.54) is 25.1 Å². The minimum atomic E-state index is -1.39. The highest BCUT2D eigenvalue weighted by Gasteiger charge is 2.46. The number of amides is 4. The minimum absolute atomic E-state index is 0.000123. The van der Waals surface area contributed by atoms with Crippen LogP contribution in [0.5, 0.6) is 5.75 Å². The predicted octanol–water partition coefficient (Wildman–Crippen LogP) is 2.94. The molecule has 0 spiro atoms. The fraction of sp³-hybridized carbons (Fsp3) is 0.485. The van der Waals surface area contributed by atoms with Crippen LogP contribution >= 0.6 is 0 Å². The molecule has 2 N–H and O–H groups in total. The Labute approximate surface area is 267 Å². The maximum atomic E-state index is 14.4. The number of ether oxygens (including phenoxy) is 2. The molecule has 1 saturated heterocycles. The fourth-order valence-corrected chi connectivity index (χ4v) is 5.88. The maximum Gasteiger partial charge on any atom is 0.407 e. The minimum Gasteiger partial charge on any atom is -0.491 e. The first-order valence-corrected chi connectivity index (χ1v) is 15.1. The van der Waals surface area contributed by atoms with Gasteiger partial charge in [-0.05, 0) is 57.4 Å². The van der Waals surface area contributed by atoms with E-state index in [4.69, 9.17) is 9.47 Å². The van der Waals surface area contributed by atoms with E-state index in [0.29, 0.717) is 6.42 Å². The molecule has 1 fully saturated rings. The van der Waals surface area contributed by atoms with Crippen molar-refractivity contribution in [2.75, 3.05) is 33.8 Å². The first-order valence-electron chi connectivity index (χ1n) is 15.1. The molecule has 46 heavy (non-hydrogen) atoms. The van der Waals surface area contributed by atoms with E-state index < -0.39 is 65.2 Å². The third kappa shape index (κ3) is 8.32. The van der Waals surface area contributed by atoms with Gasteiger partial charge in [-0.3, -0.25) is 14.4 Å². The lowest BCUT2D eigenvalue weighted by molar-refractivity contribution is -0.143. The van der Waals surface area contributed by atoms with Gasteiger partial charge in [-0.25, -0.2) is 14.0 Å². The summed E-state index contributed by atoms with van der Waals surface area (Å²) in [6.07, 6.45) is -0.699. The number of likely N-dealkylation sites (N-methyl/N-ethyl adjacent to an activating group) is 2. The molecule has 1 unspecified atom stereocenters. The third-order valence-corrected chi connectivity index (χ3v) is 8.23. The molecule has 2 aromatic rings. The van der Waals surface area contributed by atoms with Gasteiger partial charge in [0.25, 0.3) is 5.91 Å². The second kappa shape index (κ2) is 14.2. The summed E-state index contributed by atoms with van der Waals surface area (Å²) < 4.78 is 26.1. The van der Waals surface area contributed by atoms with Crippen LogP contribution in [-0.4, -0.2) is 107 Å². The summed E-state index contributed by atoms with van der Waals surface area (Å²) in [7, 11) is 2.72. The Kier molecular flexibility index (Phi) is 10.5. The zero-order valence-corrected chi connectivity index (χ0v) is 26.7. The molecule has 4 amide bonds.